The van der Waals surface area contributed by atoms with E-state index in [1.807, 2.05) is 12.5 Å². The molecule has 86 valence electrons. The Kier molecular flexibility index (Phi) is 5.36. The molecule has 0 radical (unpaired) electrons. The van der Waals surface area contributed by atoms with Crippen LogP contribution in [-0.2, 0) is 13.1 Å². The minimum atomic E-state index is -0.229. The molecule has 0 aromatic carbocycles. The van der Waals surface area contributed by atoms with Crippen molar-refractivity contribution in [3.8, 4) is 0 Å². The Morgan fingerprint density at radius 3 is 3.00 bits per heavy atom. The van der Waals surface area contributed by atoms with Gasteiger partial charge in [0.1, 0.15) is 0 Å². The second-order valence-electron chi connectivity index (χ2n) is 3.74. The third-order valence-corrected chi connectivity index (χ3v) is 2.45. The summed E-state index contributed by atoms with van der Waals surface area (Å²) in [6, 6.07) is 0. The number of nitrogens with one attached hydrogen (secondary N) is 1. The van der Waals surface area contributed by atoms with Crippen LogP contribution in [0.25, 0.3) is 0 Å². The zero-order valence-electron chi connectivity index (χ0n) is 9.61. The van der Waals surface area contributed by atoms with Gasteiger partial charge in [0.25, 0.3) is 0 Å². The van der Waals surface area contributed by atoms with Gasteiger partial charge in [-0.1, -0.05) is 13.3 Å². The average molecular weight is 211 g/mol. The highest BCUT2D eigenvalue weighted by molar-refractivity contribution is 4.97. The standard InChI is InChI=1S/C11H21N3O/c1-3-5-11(15)8-12-6-10-7-13-9-14(10)4-2/h7,9,11-12,15H,3-6,8H2,1-2H3. The molecule has 1 aromatic rings. The topological polar surface area (TPSA) is 50.1 Å². The lowest BCUT2D eigenvalue weighted by Gasteiger charge is -2.11. The summed E-state index contributed by atoms with van der Waals surface area (Å²) in [5.74, 6) is 0. The summed E-state index contributed by atoms with van der Waals surface area (Å²) < 4.78 is 2.10. The normalized spacial score (nSPS) is 13.0. The fraction of sp³-hybridized carbons (Fsp3) is 0.727. The Balaban J connectivity index is 2.25. The van der Waals surface area contributed by atoms with Crippen LogP contribution in [0.2, 0.25) is 0 Å². The van der Waals surface area contributed by atoms with Crippen molar-refractivity contribution in [2.24, 2.45) is 0 Å². The summed E-state index contributed by atoms with van der Waals surface area (Å²) in [4.78, 5) is 4.09. The molecule has 1 heterocycles. The first-order chi connectivity index (χ1) is 7.27. The summed E-state index contributed by atoms with van der Waals surface area (Å²) in [7, 11) is 0. The van der Waals surface area contributed by atoms with Gasteiger partial charge in [0, 0.05) is 25.8 Å². The summed E-state index contributed by atoms with van der Waals surface area (Å²) in [6.45, 7) is 6.54. The number of aliphatic hydroxyl groups excluding tert-OH is 1. The molecular weight excluding hydrogens is 190 g/mol. The molecule has 1 atom stereocenters. The van der Waals surface area contributed by atoms with Crippen molar-refractivity contribution in [1.82, 2.24) is 14.9 Å². The molecule has 1 rings (SSSR count). The molecule has 0 amide bonds. The van der Waals surface area contributed by atoms with Gasteiger partial charge in [0.2, 0.25) is 0 Å². The summed E-state index contributed by atoms with van der Waals surface area (Å²) >= 11 is 0. The van der Waals surface area contributed by atoms with E-state index in [-0.39, 0.29) is 6.10 Å². The van der Waals surface area contributed by atoms with Gasteiger partial charge in [-0.15, -0.1) is 0 Å². The van der Waals surface area contributed by atoms with Gasteiger partial charge in [-0.3, -0.25) is 0 Å². The maximum absolute atomic E-state index is 9.52. The van der Waals surface area contributed by atoms with Crippen LogP contribution in [0.1, 0.15) is 32.4 Å². The van der Waals surface area contributed by atoms with E-state index in [2.05, 4.69) is 28.7 Å². The number of aromatic nitrogens is 2. The van der Waals surface area contributed by atoms with Crippen LogP contribution in [0.3, 0.4) is 0 Å². The van der Waals surface area contributed by atoms with Gasteiger partial charge < -0.3 is 15.0 Å². The van der Waals surface area contributed by atoms with Gasteiger partial charge in [-0.2, -0.15) is 0 Å². The summed E-state index contributed by atoms with van der Waals surface area (Å²) in [5, 5.41) is 12.8. The van der Waals surface area contributed by atoms with Crippen molar-refractivity contribution in [1.29, 1.82) is 0 Å². The van der Waals surface area contributed by atoms with E-state index in [0.717, 1.165) is 25.9 Å². The van der Waals surface area contributed by atoms with Gasteiger partial charge in [-0.25, -0.2) is 4.98 Å². The van der Waals surface area contributed by atoms with Crippen molar-refractivity contribution in [3.63, 3.8) is 0 Å². The first kappa shape index (κ1) is 12.2. The minimum Gasteiger partial charge on any atom is -0.392 e. The molecule has 0 bridgehead atoms. The number of hydrogen-bond acceptors (Lipinski definition) is 3. The lowest BCUT2D eigenvalue weighted by molar-refractivity contribution is 0.160. The highest BCUT2D eigenvalue weighted by Gasteiger charge is 2.03. The van der Waals surface area contributed by atoms with Crippen molar-refractivity contribution < 1.29 is 5.11 Å². The Labute approximate surface area is 91.3 Å². The smallest absolute Gasteiger partial charge is 0.0948 e. The number of hydrogen-bond donors (Lipinski definition) is 2. The lowest BCUT2D eigenvalue weighted by atomic mass is 10.2. The SMILES string of the molecule is CCCC(O)CNCc1cncn1CC. The van der Waals surface area contributed by atoms with Crippen molar-refractivity contribution >= 4 is 0 Å². The Morgan fingerprint density at radius 1 is 1.53 bits per heavy atom. The molecular formula is C11H21N3O. The number of nitrogens with zero attached hydrogens (tertiary/aromatic N) is 2. The molecule has 15 heavy (non-hydrogen) atoms. The van der Waals surface area contributed by atoms with Gasteiger partial charge in [0.05, 0.1) is 18.1 Å². The zero-order chi connectivity index (χ0) is 11.1. The first-order valence-corrected chi connectivity index (χ1v) is 5.65. The average Bonchev–Trinajstić information content (AvgIpc) is 2.66. The quantitative estimate of drug-likeness (QED) is 0.711. The molecule has 2 N–H and O–H groups in total. The Bertz CT molecular complexity index is 273. The second kappa shape index (κ2) is 6.58. The predicted molar refractivity (Wildman–Crippen MR) is 60.5 cm³/mol. The molecule has 0 spiro atoms. The summed E-state index contributed by atoms with van der Waals surface area (Å²) in [6.07, 6.45) is 5.35. The molecule has 0 saturated carbocycles. The van der Waals surface area contributed by atoms with Gasteiger partial charge in [0.15, 0.2) is 0 Å². The van der Waals surface area contributed by atoms with Crippen LogP contribution < -0.4 is 5.32 Å². The van der Waals surface area contributed by atoms with E-state index in [4.69, 9.17) is 0 Å². The number of rotatable bonds is 7. The van der Waals surface area contributed by atoms with Crippen molar-refractivity contribution in [2.45, 2.75) is 45.9 Å². The molecule has 0 aliphatic rings. The molecule has 0 fully saturated rings. The second-order valence-corrected chi connectivity index (χ2v) is 3.74. The molecule has 0 saturated heterocycles. The monoisotopic (exact) mass is 211 g/mol. The van der Waals surface area contributed by atoms with E-state index < -0.39 is 0 Å². The summed E-state index contributed by atoms with van der Waals surface area (Å²) in [5.41, 5.74) is 1.17. The molecule has 1 unspecified atom stereocenters. The van der Waals surface area contributed by atoms with Crippen molar-refractivity contribution in [2.75, 3.05) is 6.54 Å². The maximum Gasteiger partial charge on any atom is 0.0948 e. The maximum atomic E-state index is 9.52. The van der Waals surface area contributed by atoms with Crippen LogP contribution in [0.5, 0.6) is 0 Å². The fourth-order valence-electron chi connectivity index (χ4n) is 1.58. The van der Waals surface area contributed by atoms with E-state index in [9.17, 15) is 5.11 Å². The first-order valence-electron chi connectivity index (χ1n) is 5.65. The Hall–Kier alpha value is -0.870. The fourth-order valence-corrected chi connectivity index (χ4v) is 1.58. The number of aryl methyl sites for hydroxylation is 1. The van der Waals surface area contributed by atoms with Gasteiger partial charge >= 0.3 is 0 Å². The molecule has 4 heteroatoms. The highest BCUT2D eigenvalue weighted by atomic mass is 16.3. The predicted octanol–water partition coefficient (Wildman–Crippen LogP) is 1.15. The molecule has 4 nitrogen and oxygen atoms in total. The van der Waals surface area contributed by atoms with E-state index in [1.165, 1.54) is 5.69 Å². The van der Waals surface area contributed by atoms with E-state index >= 15 is 0 Å². The van der Waals surface area contributed by atoms with Crippen LogP contribution in [0, 0.1) is 0 Å². The van der Waals surface area contributed by atoms with Crippen LogP contribution >= 0.6 is 0 Å². The van der Waals surface area contributed by atoms with Crippen LogP contribution in [0.4, 0.5) is 0 Å². The molecule has 1 aromatic heterocycles. The van der Waals surface area contributed by atoms with Crippen LogP contribution in [-0.4, -0.2) is 27.3 Å². The van der Waals surface area contributed by atoms with E-state index in [0.29, 0.717) is 6.54 Å². The highest BCUT2D eigenvalue weighted by Crippen LogP contribution is 1.99. The zero-order valence-corrected chi connectivity index (χ0v) is 9.61. The number of aliphatic hydroxyl groups is 1. The minimum absolute atomic E-state index is 0.229. The third-order valence-electron chi connectivity index (χ3n) is 2.45. The van der Waals surface area contributed by atoms with Crippen LogP contribution in [0.15, 0.2) is 12.5 Å². The molecule has 0 aliphatic carbocycles. The molecule has 0 aliphatic heterocycles. The third kappa shape index (κ3) is 4.01. The van der Waals surface area contributed by atoms with Gasteiger partial charge in [-0.05, 0) is 13.3 Å². The lowest BCUT2D eigenvalue weighted by Crippen LogP contribution is -2.27. The largest absolute Gasteiger partial charge is 0.392 e. The van der Waals surface area contributed by atoms with E-state index in [1.54, 1.807) is 0 Å². The number of imidazole rings is 1. The Morgan fingerprint density at radius 2 is 2.33 bits per heavy atom. The van der Waals surface area contributed by atoms with Crippen molar-refractivity contribution in [3.05, 3.63) is 18.2 Å².